The fourth-order valence-corrected chi connectivity index (χ4v) is 6.92. The number of carboxylic acids is 1. The molecule has 2 atom stereocenters. The summed E-state index contributed by atoms with van der Waals surface area (Å²) in [5.74, 6) is -3.19. The predicted molar refractivity (Wildman–Crippen MR) is 151 cm³/mol. The van der Waals surface area contributed by atoms with Crippen LogP contribution < -0.4 is 11.1 Å². The van der Waals surface area contributed by atoms with Gasteiger partial charge in [-0.3, -0.25) is 19.1 Å². The minimum Gasteiger partial charge on any atom is -0.477 e. The minimum absolute atomic E-state index is 0.0426. The zero-order chi connectivity index (χ0) is 29.8. The molecule has 2 aliphatic heterocycles. The van der Waals surface area contributed by atoms with Crippen LogP contribution in [0.3, 0.4) is 0 Å². The molecule has 1 saturated heterocycles. The Morgan fingerprint density at radius 1 is 1.32 bits per heavy atom. The van der Waals surface area contributed by atoms with E-state index in [1.807, 2.05) is 6.92 Å². The van der Waals surface area contributed by atoms with Crippen molar-refractivity contribution in [2.75, 3.05) is 25.7 Å². The van der Waals surface area contributed by atoms with Crippen molar-refractivity contribution < 1.29 is 33.9 Å². The first-order valence-electron chi connectivity index (χ1n) is 12.1. The molecule has 2 amide bonds. The molecular formula is C23H26N8O7S3. The number of nitrogens with two attached hydrogens (primary N) is 1. The number of ether oxygens (including phenoxy) is 1. The van der Waals surface area contributed by atoms with Crippen molar-refractivity contribution >= 4 is 69.5 Å². The summed E-state index contributed by atoms with van der Waals surface area (Å²) in [5, 5.41) is 25.8. The number of thioether (sulfide) groups is 2. The smallest absolute Gasteiger partial charge is 0.376 e. The Morgan fingerprint density at radius 3 is 2.68 bits per heavy atom. The number of hydrogen-bond acceptors (Lipinski definition) is 14. The summed E-state index contributed by atoms with van der Waals surface area (Å²) in [6, 6.07) is -1.05. The van der Waals surface area contributed by atoms with E-state index < -0.39 is 35.2 Å². The fourth-order valence-electron chi connectivity index (χ4n) is 4.02. The number of amides is 2. The molecule has 0 spiro atoms. The molecule has 4 N–H and O–H groups in total. The first-order valence-corrected chi connectivity index (χ1v) is 14.8. The van der Waals surface area contributed by atoms with Gasteiger partial charge in [0.1, 0.15) is 29.9 Å². The number of anilines is 1. The van der Waals surface area contributed by atoms with E-state index in [0.717, 1.165) is 52.6 Å². The lowest BCUT2D eigenvalue weighted by Crippen LogP contribution is -2.70. The van der Waals surface area contributed by atoms with E-state index in [2.05, 4.69) is 32.2 Å². The van der Waals surface area contributed by atoms with Crippen molar-refractivity contribution in [3.8, 4) is 0 Å². The van der Waals surface area contributed by atoms with Crippen LogP contribution in [0.25, 0.3) is 0 Å². The number of unbranched alkanes of at least 4 members (excludes halogenated alkanes) is 1. The molecule has 0 radical (unpaired) electrons. The van der Waals surface area contributed by atoms with Gasteiger partial charge < -0.3 is 25.7 Å². The molecule has 41 heavy (non-hydrogen) atoms. The van der Waals surface area contributed by atoms with E-state index in [9.17, 15) is 24.3 Å². The molecule has 0 saturated carbocycles. The second kappa shape index (κ2) is 12.7. The quantitative estimate of drug-likeness (QED) is 0.100. The highest BCUT2D eigenvalue weighted by molar-refractivity contribution is 8.04. The molecule has 2 aliphatic rings. The molecule has 0 bridgehead atoms. The van der Waals surface area contributed by atoms with Crippen LogP contribution in [-0.4, -0.2) is 90.6 Å². The SMILES string of the molecule is C=C1S[C@@H]2[C@H](NC(=O)/C(=N\OC)c3csc(N)n3)C(=O)N2C(C(=O)O)=C1CSc1nnc(C(=O)OC)n1CCCC. The minimum atomic E-state index is -1.33. The molecule has 15 nitrogen and oxygen atoms in total. The van der Waals surface area contributed by atoms with Crippen LogP contribution in [0, 0.1) is 0 Å². The Balaban J connectivity index is 1.55. The van der Waals surface area contributed by atoms with Crippen LogP contribution in [0.1, 0.15) is 36.1 Å². The number of carbonyl (C=O) groups is 4. The van der Waals surface area contributed by atoms with Gasteiger partial charge in [-0.15, -0.1) is 21.5 Å². The van der Waals surface area contributed by atoms with Crippen LogP contribution in [0.2, 0.25) is 0 Å². The van der Waals surface area contributed by atoms with Gasteiger partial charge in [0.15, 0.2) is 16.0 Å². The third-order valence-electron chi connectivity index (χ3n) is 5.99. The number of β-lactam (4-membered cyclic amide) rings is 1. The second-order valence-electron chi connectivity index (χ2n) is 8.51. The highest BCUT2D eigenvalue weighted by Gasteiger charge is 2.55. The molecule has 4 heterocycles. The van der Waals surface area contributed by atoms with Crippen LogP contribution >= 0.6 is 34.9 Å². The van der Waals surface area contributed by atoms with Crippen LogP contribution in [0.5, 0.6) is 0 Å². The van der Waals surface area contributed by atoms with Gasteiger partial charge in [0.25, 0.3) is 11.8 Å². The summed E-state index contributed by atoms with van der Waals surface area (Å²) in [6.45, 7) is 6.49. The highest BCUT2D eigenvalue weighted by Crippen LogP contribution is 2.47. The van der Waals surface area contributed by atoms with E-state index >= 15 is 0 Å². The molecule has 0 unspecified atom stereocenters. The third kappa shape index (κ3) is 5.94. The number of oxime groups is 1. The van der Waals surface area contributed by atoms with Crippen molar-refractivity contribution in [3.63, 3.8) is 0 Å². The zero-order valence-electron chi connectivity index (χ0n) is 22.1. The third-order valence-corrected chi connectivity index (χ3v) is 8.91. The fraction of sp³-hybridized carbons (Fsp3) is 0.391. The van der Waals surface area contributed by atoms with Gasteiger partial charge in [0.05, 0.1) is 7.11 Å². The lowest BCUT2D eigenvalue weighted by molar-refractivity contribution is -0.150. The monoisotopic (exact) mass is 622 g/mol. The number of nitrogens with zero attached hydrogens (tertiary/aromatic N) is 6. The number of aliphatic carboxylic acids is 1. The number of carboxylic acid groups (broad SMARTS) is 1. The van der Waals surface area contributed by atoms with Crippen molar-refractivity contribution in [1.29, 1.82) is 0 Å². The molecule has 1 fully saturated rings. The number of hydrogen-bond donors (Lipinski definition) is 3. The topological polar surface area (TPSA) is 204 Å². The summed E-state index contributed by atoms with van der Waals surface area (Å²) in [6.07, 6.45) is 1.61. The summed E-state index contributed by atoms with van der Waals surface area (Å²) >= 11 is 3.41. The van der Waals surface area contributed by atoms with Crippen LogP contribution in [0.15, 0.2) is 38.4 Å². The van der Waals surface area contributed by atoms with Gasteiger partial charge in [-0.1, -0.05) is 48.6 Å². The van der Waals surface area contributed by atoms with Gasteiger partial charge in [-0.2, -0.15) is 0 Å². The molecule has 18 heteroatoms. The van der Waals surface area contributed by atoms with Gasteiger partial charge in [0.2, 0.25) is 5.82 Å². The number of nitrogens with one attached hydrogen (secondary N) is 1. The zero-order valence-corrected chi connectivity index (χ0v) is 24.6. The first-order chi connectivity index (χ1) is 19.6. The highest BCUT2D eigenvalue weighted by atomic mass is 32.2. The van der Waals surface area contributed by atoms with Crippen LogP contribution in [0.4, 0.5) is 5.13 Å². The maximum absolute atomic E-state index is 13.2. The maximum atomic E-state index is 13.2. The van der Waals surface area contributed by atoms with E-state index in [1.54, 1.807) is 4.57 Å². The Kier molecular flexibility index (Phi) is 9.34. The number of carbonyl (C=O) groups excluding carboxylic acids is 3. The molecule has 0 aromatic carbocycles. The lowest BCUT2D eigenvalue weighted by Gasteiger charge is -2.49. The molecule has 2 aromatic heterocycles. The van der Waals surface area contributed by atoms with E-state index in [0.29, 0.717) is 22.2 Å². The predicted octanol–water partition coefficient (Wildman–Crippen LogP) is 1.30. The van der Waals surface area contributed by atoms with Crippen molar-refractivity contribution in [1.82, 2.24) is 30.0 Å². The number of rotatable bonds is 12. The molecular weight excluding hydrogens is 597 g/mol. The summed E-state index contributed by atoms with van der Waals surface area (Å²) < 4.78 is 6.42. The van der Waals surface area contributed by atoms with Crippen LogP contribution in [-0.2, 0) is 30.5 Å². The van der Waals surface area contributed by atoms with Gasteiger partial charge in [0, 0.05) is 28.2 Å². The second-order valence-corrected chi connectivity index (χ2v) is 11.6. The number of aromatic nitrogens is 4. The molecule has 0 aliphatic carbocycles. The maximum Gasteiger partial charge on any atom is 0.376 e. The Labute approximate surface area is 246 Å². The van der Waals surface area contributed by atoms with E-state index in [-0.39, 0.29) is 33.8 Å². The average molecular weight is 623 g/mol. The normalized spacial score (nSPS) is 18.6. The average Bonchev–Trinajstić information content (AvgIpc) is 3.57. The van der Waals surface area contributed by atoms with Crippen molar-refractivity contribution in [3.05, 3.63) is 39.7 Å². The van der Waals surface area contributed by atoms with Gasteiger partial charge >= 0.3 is 11.9 Å². The lowest BCUT2D eigenvalue weighted by atomic mass is 10.0. The number of methoxy groups -OCH3 is 1. The van der Waals surface area contributed by atoms with E-state index in [4.69, 9.17) is 15.3 Å². The number of allylic oxidation sites excluding steroid dienone is 1. The Hall–Kier alpha value is -3.90. The number of fused-ring (bicyclic) bond motifs is 1. The van der Waals surface area contributed by atoms with Gasteiger partial charge in [-0.05, 0) is 6.42 Å². The Bertz CT molecular complexity index is 1470. The molecule has 4 rings (SSSR count). The van der Waals surface area contributed by atoms with Crippen molar-refractivity contribution in [2.24, 2.45) is 5.16 Å². The summed E-state index contributed by atoms with van der Waals surface area (Å²) in [5.41, 5.74) is 5.71. The van der Waals surface area contributed by atoms with Gasteiger partial charge in [-0.25, -0.2) is 14.6 Å². The summed E-state index contributed by atoms with van der Waals surface area (Å²) in [4.78, 5) is 61.0. The van der Waals surface area contributed by atoms with E-state index in [1.165, 1.54) is 19.6 Å². The number of thiazole rings is 1. The van der Waals surface area contributed by atoms with Crippen molar-refractivity contribution in [2.45, 2.75) is 42.9 Å². The molecule has 218 valence electrons. The summed E-state index contributed by atoms with van der Waals surface area (Å²) in [7, 11) is 2.50. The standard InChI is InChI=1S/C23H26N8O7S3/c1-5-6-7-30-16(21(36)37-3)27-28-23(30)40-8-11-10(2)41-19-14(18(33)31(19)15(11)20(34)35)26-17(32)13(29-38-4)12-9-39-22(24)25-12/h9,14,19H,2,5-8H2,1,3-4H3,(H2,24,25)(H,26,32)(H,34,35)/b29-13-/t14-,19-/m1/s1. The number of esters is 1. The first kappa shape index (κ1) is 30.1. The Morgan fingerprint density at radius 2 is 2.07 bits per heavy atom. The number of nitrogen functional groups attached to an aromatic ring is 1. The molecule has 2 aromatic rings. The largest absolute Gasteiger partial charge is 0.477 e.